The van der Waals surface area contributed by atoms with Crippen molar-refractivity contribution in [2.24, 2.45) is 11.7 Å². The molecule has 0 unspecified atom stereocenters. The molecule has 7 nitrogen and oxygen atoms in total. The van der Waals surface area contributed by atoms with Gasteiger partial charge in [0.05, 0.1) is 11.4 Å². The Kier molecular flexibility index (Phi) is 7.35. The van der Waals surface area contributed by atoms with Gasteiger partial charge in [-0.05, 0) is 49.6 Å². The van der Waals surface area contributed by atoms with Crippen LogP contribution < -0.4 is 5.73 Å². The third-order valence-electron chi connectivity index (χ3n) is 5.45. The normalized spacial score (nSPS) is 15.3. The predicted molar refractivity (Wildman–Crippen MR) is 119 cm³/mol. The van der Waals surface area contributed by atoms with E-state index in [-0.39, 0.29) is 35.7 Å². The molecule has 2 aromatic rings. The van der Waals surface area contributed by atoms with Crippen molar-refractivity contribution in [3.05, 3.63) is 64.7 Å². The van der Waals surface area contributed by atoms with Crippen molar-refractivity contribution in [2.75, 3.05) is 19.6 Å². The van der Waals surface area contributed by atoms with Crippen LogP contribution in [0.25, 0.3) is 0 Å². The van der Waals surface area contributed by atoms with Crippen LogP contribution in [0.15, 0.2) is 53.4 Å². The lowest BCUT2D eigenvalue weighted by molar-refractivity contribution is -0.135. The molecule has 3 rings (SSSR count). The Morgan fingerprint density at radius 3 is 2.35 bits per heavy atom. The van der Waals surface area contributed by atoms with Crippen molar-refractivity contribution in [3.63, 3.8) is 0 Å². The number of nitrogens with two attached hydrogens (primary N) is 1. The molecule has 1 aliphatic heterocycles. The van der Waals surface area contributed by atoms with Crippen LogP contribution in [0.3, 0.4) is 0 Å². The van der Waals surface area contributed by atoms with E-state index in [1.54, 1.807) is 4.90 Å². The van der Waals surface area contributed by atoms with E-state index in [2.05, 4.69) is 0 Å². The average Bonchev–Trinajstić information content (AvgIpc) is 2.73. The Hall–Kier alpha value is -2.42. The summed E-state index contributed by atoms with van der Waals surface area (Å²) in [4.78, 5) is 26.0. The number of benzene rings is 2. The number of likely N-dealkylation sites (tertiary alicyclic amines) is 1. The third kappa shape index (κ3) is 5.84. The zero-order valence-corrected chi connectivity index (χ0v) is 18.9. The van der Waals surface area contributed by atoms with Gasteiger partial charge in [-0.2, -0.15) is 4.31 Å². The number of carbonyl (C=O) groups excluding carboxylic acids is 2. The molecule has 0 aliphatic carbocycles. The number of amides is 2. The van der Waals surface area contributed by atoms with Crippen LogP contribution in [0.1, 0.15) is 24.0 Å². The first-order valence-electron chi connectivity index (χ1n) is 10.0. The Balaban J connectivity index is 1.82. The molecule has 31 heavy (non-hydrogen) atoms. The first kappa shape index (κ1) is 23.2. The maximum Gasteiger partial charge on any atom is 0.243 e. The third-order valence-corrected chi connectivity index (χ3v) is 7.51. The summed E-state index contributed by atoms with van der Waals surface area (Å²) in [5.41, 5.74) is 7.15. The SMILES string of the molecule is Cc1cccc(CN(CC(=O)N2CCC(C(N)=O)CC2)S(=O)(=O)c2ccc(Cl)cc2)c1. The number of sulfonamides is 1. The van der Waals surface area contributed by atoms with Crippen molar-refractivity contribution in [3.8, 4) is 0 Å². The van der Waals surface area contributed by atoms with Crippen molar-refractivity contribution >= 4 is 33.4 Å². The Labute approximate surface area is 187 Å². The van der Waals surface area contributed by atoms with E-state index < -0.39 is 10.0 Å². The highest BCUT2D eigenvalue weighted by molar-refractivity contribution is 7.89. The van der Waals surface area contributed by atoms with Crippen molar-refractivity contribution in [1.82, 2.24) is 9.21 Å². The summed E-state index contributed by atoms with van der Waals surface area (Å²) >= 11 is 5.91. The van der Waals surface area contributed by atoms with E-state index in [4.69, 9.17) is 17.3 Å². The number of primary amides is 1. The van der Waals surface area contributed by atoms with Gasteiger partial charge < -0.3 is 10.6 Å². The first-order chi connectivity index (χ1) is 14.7. The second-order valence-electron chi connectivity index (χ2n) is 7.77. The Morgan fingerprint density at radius 1 is 1.13 bits per heavy atom. The van der Waals surface area contributed by atoms with Gasteiger partial charge in [-0.3, -0.25) is 9.59 Å². The summed E-state index contributed by atoms with van der Waals surface area (Å²) < 4.78 is 27.9. The molecule has 0 aromatic heterocycles. The molecule has 166 valence electrons. The first-order valence-corrected chi connectivity index (χ1v) is 11.9. The number of nitrogens with zero attached hydrogens (tertiary/aromatic N) is 2. The van der Waals surface area contributed by atoms with Gasteiger partial charge in [0.25, 0.3) is 0 Å². The largest absolute Gasteiger partial charge is 0.369 e. The van der Waals surface area contributed by atoms with Crippen LogP contribution >= 0.6 is 11.6 Å². The molecule has 2 amide bonds. The summed E-state index contributed by atoms with van der Waals surface area (Å²) in [6.45, 7) is 2.46. The van der Waals surface area contributed by atoms with E-state index in [9.17, 15) is 18.0 Å². The van der Waals surface area contributed by atoms with Gasteiger partial charge in [-0.25, -0.2) is 8.42 Å². The van der Waals surface area contributed by atoms with Crippen LogP contribution in [0, 0.1) is 12.8 Å². The maximum absolute atomic E-state index is 13.3. The van der Waals surface area contributed by atoms with Crippen molar-refractivity contribution in [2.45, 2.75) is 31.2 Å². The minimum atomic E-state index is -3.93. The van der Waals surface area contributed by atoms with Crippen LogP contribution in [-0.4, -0.2) is 49.1 Å². The second-order valence-corrected chi connectivity index (χ2v) is 10.1. The minimum absolute atomic E-state index is 0.0656. The predicted octanol–water partition coefficient (Wildman–Crippen LogP) is 2.56. The minimum Gasteiger partial charge on any atom is -0.369 e. The van der Waals surface area contributed by atoms with E-state index in [1.165, 1.54) is 28.6 Å². The number of halogens is 1. The fourth-order valence-electron chi connectivity index (χ4n) is 3.66. The summed E-state index contributed by atoms with van der Waals surface area (Å²) in [5, 5.41) is 0.428. The van der Waals surface area contributed by atoms with Crippen molar-refractivity contribution < 1.29 is 18.0 Å². The van der Waals surface area contributed by atoms with E-state index in [1.807, 2.05) is 31.2 Å². The van der Waals surface area contributed by atoms with Gasteiger partial charge in [0.2, 0.25) is 21.8 Å². The number of hydrogen-bond acceptors (Lipinski definition) is 4. The van der Waals surface area contributed by atoms with Gasteiger partial charge in [-0.15, -0.1) is 0 Å². The quantitative estimate of drug-likeness (QED) is 0.681. The Bertz CT molecular complexity index is 1050. The van der Waals surface area contributed by atoms with Crippen LogP contribution in [-0.2, 0) is 26.2 Å². The lowest BCUT2D eigenvalue weighted by Crippen LogP contribution is -2.46. The topological polar surface area (TPSA) is 101 Å². The lowest BCUT2D eigenvalue weighted by atomic mass is 9.96. The van der Waals surface area contributed by atoms with Gasteiger partial charge in [0, 0.05) is 30.6 Å². The fourth-order valence-corrected chi connectivity index (χ4v) is 5.16. The molecule has 2 aromatic carbocycles. The van der Waals surface area contributed by atoms with Gasteiger partial charge in [-0.1, -0.05) is 41.4 Å². The molecule has 1 heterocycles. The molecule has 0 atom stereocenters. The van der Waals surface area contributed by atoms with Crippen LogP contribution in [0.5, 0.6) is 0 Å². The number of rotatable bonds is 7. The summed E-state index contributed by atoms with van der Waals surface area (Å²) in [6, 6.07) is 13.4. The summed E-state index contributed by atoms with van der Waals surface area (Å²) in [5.74, 6) is -0.906. The molecule has 0 radical (unpaired) electrons. The molecule has 1 aliphatic rings. The zero-order chi connectivity index (χ0) is 22.6. The molecule has 9 heteroatoms. The van der Waals surface area contributed by atoms with Crippen molar-refractivity contribution in [1.29, 1.82) is 0 Å². The standard InChI is InChI=1S/C22H26ClN3O4S/c1-16-3-2-4-17(13-16)14-26(31(29,30)20-7-5-19(23)6-8-20)15-21(27)25-11-9-18(10-12-25)22(24)28/h2-8,13,18H,9-12,14-15H2,1H3,(H2,24,28). The highest BCUT2D eigenvalue weighted by Gasteiger charge is 2.31. The van der Waals surface area contributed by atoms with E-state index in [0.29, 0.717) is 31.0 Å². The lowest BCUT2D eigenvalue weighted by Gasteiger charge is -2.32. The number of aryl methyl sites for hydroxylation is 1. The zero-order valence-electron chi connectivity index (χ0n) is 17.3. The van der Waals surface area contributed by atoms with Gasteiger partial charge in [0.15, 0.2) is 0 Å². The van der Waals surface area contributed by atoms with Crippen LogP contribution in [0.4, 0.5) is 0 Å². The van der Waals surface area contributed by atoms with Gasteiger partial charge >= 0.3 is 0 Å². The smallest absolute Gasteiger partial charge is 0.243 e. The second kappa shape index (κ2) is 9.80. The molecule has 0 spiro atoms. The number of carbonyl (C=O) groups is 2. The molecule has 0 saturated carbocycles. The molecular formula is C22H26ClN3O4S. The highest BCUT2D eigenvalue weighted by atomic mass is 35.5. The van der Waals surface area contributed by atoms with E-state index >= 15 is 0 Å². The maximum atomic E-state index is 13.3. The number of hydrogen-bond donors (Lipinski definition) is 1. The van der Waals surface area contributed by atoms with Crippen LogP contribution in [0.2, 0.25) is 5.02 Å². The van der Waals surface area contributed by atoms with E-state index in [0.717, 1.165) is 11.1 Å². The molecule has 2 N–H and O–H groups in total. The molecule has 0 bridgehead atoms. The molecule has 1 fully saturated rings. The highest BCUT2D eigenvalue weighted by Crippen LogP contribution is 2.22. The average molecular weight is 464 g/mol. The molecular weight excluding hydrogens is 438 g/mol. The summed E-state index contributed by atoms with van der Waals surface area (Å²) in [7, 11) is -3.93. The Morgan fingerprint density at radius 2 is 1.77 bits per heavy atom. The van der Waals surface area contributed by atoms with Gasteiger partial charge in [0.1, 0.15) is 0 Å². The molecule has 1 saturated heterocycles. The monoisotopic (exact) mass is 463 g/mol. The summed E-state index contributed by atoms with van der Waals surface area (Å²) in [6.07, 6.45) is 0.978. The number of piperidine rings is 1. The fraction of sp³-hybridized carbons (Fsp3) is 0.364.